The maximum Gasteiger partial charge on any atom is 0.407 e. The third kappa shape index (κ3) is 9.05. The molecular weight excluding hydrogens is 322 g/mol. The molecule has 2 N–H and O–H groups in total. The van der Waals surface area contributed by atoms with E-state index < -0.39 is 17.1 Å². The van der Waals surface area contributed by atoms with E-state index in [-0.39, 0.29) is 5.91 Å². The highest BCUT2D eigenvalue weighted by molar-refractivity contribution is 5.93. The molecule has 0 atom stereocenters. The second-order valence-electron chi connectivity index (χ2n) is 7.74. The van der Waals surface area contributed by atoms with E-state index in [1.165, 1.54) is 0 Å². The maximum absolute atomic E-state index is 11.9. The molecule has 0 aliphatic heterocycles. The number of nitrogens with zero attached hydrogens (tertiary/aromatic N) is 1. The van der Waals surface area contributed by atoms with Crippen LogP contribution >= 0.6 is 0 Å². The molecule has 0 aliphatic rings. The van der Waals surface area contributed by atoms with Gasteiger partial charge in [-0.25, -0.2) is 9.78 Å². The molecule has 1 rings (SSSR count). The summed E-state index contributed by atoms with van der Waals surface area (Å²) in [5, 5.41) is 5.39. The van der Waals surface area contributed by atoms with Gasteiger partial charge in [0, 0.05) is 18.2 Å². The molecule has 7 heteroatoms. The molecule has 0 unspecified atom stereocenters. The summed E-state index contributed by atoms with van der Waals surface area (Å²) in [6, 6.07) is 3.58. The third-order valence-corrected chi connectivity index (χ3v) is 2.93. The highest BCUT2D eigenvalue weighted by atomic mass is 16.6. The van der Waals surface area contributed by atoms with Crippen molar-refractivity contribution in [3.05, 3.63) is 23.9 Å². The van der Waals surface area contributed by atoms with Crippen molar-refractivity contribution in [3.8, 4) is 0 Å². The molecule has 25 heavy (non-hydrogen) atoms. The highest BCUT2D eigenvalue weighted by Gasteiger charge is 2.21. The Morgan fingerprint density at radius 1 is 1.12 bits per heavy atom. The summed E-state index contributed by atoms with van der Waals surface area (Å²) >= 11 is 0. The number of hydrogen-bond acceptors (Lipinski definition) is 5. The zero-order chi connectivity index (χ0) is 19.1. The fourth-order valence-corrected chi connectivity index (χ4v) is 1.62. The monoisotopic (exact) mass is 351 g/mol. The van der Waals surface area contributed by atoms with Crippen molar-refractivity contribution in [2.75, 3.05) is 18.5 Å². The Morgan fingerprint density at radius 2 is 1.80 bits per heavy atom. The number of rotatable bonds is 6. The molecule has 1 aromatic heterocycles. The lowest BCUT2D eigenvalue weighted by atomic mass is 9.96. The van der Waals surface area contributed by atoms with Crippen LogP contribution in [0.2, 0.25) is 0 Å². The number of ether oxygens (including phenoxy) is 2. The number of pyridine rings is 1. The predicted molar refractivity (Wildman–Crippen MR) is 96.2 cm³/mol. The Labute approximate surface area is 149 Å². The van der Waals surface area contributed by atoms with Crippen molar-refractivity contribution < 1.29 is 19.1 Å². The van der Waals surface area contributed by atoms with Gasteiger partial charge in [0.05, 0.1) is 13.2 Å². The predicted octanol–water partition coefficient (Wildman–Crippen LogP) is 3.11. The van der Waals surface area contributed by atoms with Crippen molar-refractivity contribution >= 4 is 17.8 Å². The first-order chi connectivity index (χ1) is 11.5. The molecule has 1 aromatic rings. The minimum Gasteiger partial charge on any atom is -0.444 e. The quantitative estimate of drug-likeness (QED) is 0.769. The molecule has 0 saturated carbocycles. The fourth-order valence-electron chi connectivity index (χ4n) is 1.62. The van der Waals surface area contributed by atoms with Crippen LogP contribution in [0.3, 0.4) is 0 Å². The number of anilines is 1. The van der Waals surface area contributed by atoms with Gasteiger partial charge in [0.1, 0.15) is 11.4 Å². The van der Waals surface area contributed by atoms with Gasteiger partial charge < -0.3 is 20.1 Å². The molecule has 0 bridgehead atoms. The van der Waals surface area contributed by atoms with Gasteiger partial charge in [0.15, 0.2) is 0 Å². The number of nitrogens with one attached hydrogen (secondary N) is 2. The van der Waals surface area contributed by atoms with Crippen molar-refractivity contribution in [1.29, 1.82) is 0 Å². The number of aromatic nitrogens is 1. The number of amides is 2. The molecule has 0 spiro atoms. The van der Waals surface area contributed by atoms with E-state index >= 15 is 0 Å². The lowest BCUT2D eigenvalue weighted by molar-refractivity contribution is -0.123. The zero-order valence-corrected chi connectivity index (χ0v) is 15.9. The van der Waals surface area contributed by atoms with E-state index in [1.54, 1.807) is 12.3 Å². The van der Waals surface area contributed by atoms with Gasteiger partial charge in [-0.05, 0) is 32.4 Å². The van der Waals surface area contributed by atoms with Gasteiger partial charge in [-0.1, -0.05) is 26.8 Å². The van der Waals surface area contributed by atoms with Gasteiger partial charge in [-0.3, -0.25) is 4.79 Å². The molecular formula is C18H29N3O4. The van der Waals surface area contributed by atoms with Gasteiger partial charge in [-0.15, -0.1) is 0 Å². The van der Waals surface area contributed by atoms with E-state index in [2.05, 4.69) is 15.6 Å². The van der Waals surface area contributed by atoms with Crippen LogP contribution in [0.4, 0.5) is 10.6 Å². The minimum absolute atomic E-state index is 0.0859. The van der Waals surface area contributed by atoms with Crippen molar-refractivity contribution in [3.63, 3.8) is 0 Å². The van der Waals surface area contributed by atoms with Crippen molar-refractivity contribution in [2.45, 2.75) is 53.8 Å². The van der Waals surface area contributed by atoms with Crippen LogP contribution < -0.4 is 10.6 Å². The number of carbonyl (C=O) groups excluding carboxylic acids is 2. The number of carbonyl (C=O) groups is 2. The van der Waals surface area contributed by atoms with Crippen LogP contribution in [-0.4, -0.2) is 35.7 Å². The third-order valence-electron chi connectivity index (χ3n) is 2.93. The second kappa shape index (κ2) is 8.80. The minimum atomic E-state index is -0.513. The standard InChI is InChI=1S/C18H29N3O4/c1-17(2,3)15(22)21-14-8-7-13(11-20-14)12-24-10-9-19-16(23)25-18(4,5)6/h7-8,11H,9-10,12H2,1-6H3,(H,19,23)(H,20,21,22). The number of alkyl carbamates (subject to hydrolysis) is 1. The van der Waals surface area contributed by atoms with E-state index in [1.807, 2.05) is 47.6 Å². The molecule has 0 aromatic carbocycles. The molecule has 2 amide bonds. The van der Waals surface area contributed by atoms with Crippen LogP contribution in [0.25, 0.3) is 0 Å². The lowest BCUT2D eigenvalue weighted by Gasteiger charge is -2.19. The summed E-state index contributed by atoms with van der Waals surface area (Å²) < 4.78 is 10.6. The molecule has 0 aliphatic carbocycles. The van der Waals surface area contributed by atoms with E-state index in [9.17, 15) is 9.59 Å². The summed E-state index contributed by atoms with van der Waals surface area (Å²) in [6.45, 7) is 12.1. The fraction of sp³-hybridized carbons (Fsp3) is 0.611. The smallest absolute Gasteiger partial charge is 0.407 e. The van der Waals surface area contributed by atoms with Crippen LogP contribution in [0.1, 0.15) is 47.1 Å². The average Bonchev–Trinajstić information content (AvgIpc) is 2.45. The SMILES string of the molecule is CC(C)(C)OC(=O)NCCOCc1ccc(NC(=O)C(C)(C)C)nc1. The van der Waals surface area contributed by atoms with Crippen LogP contribution in [0.5, 0.6) is 0 Å². The maximum atomic E-state index is 11.9. The van der Waals surface area contributed by atoms with Crippen molar-refractivity contribution in [1.82, 2.24) is 10.3 Å². The zero-order valence-electron chi connectivity index (χ0n) is 15.9. The second-order valence-corrected chi connectivity index (χ2v) is 7.74. The molecule has 0 radical (unpaired) electrons. The first-order valence-corrected chi connectivity index (χ1v) is 8.28. The van der Waals surface area contributed by atoms with Gasteiger partial charge in [-0.2, -0.15) is 0 Å². The Balaban J connectivity index is 2.28. The Morgan fingerprint density at radius 3 is 2.32 bits per heavy atom. The first kappa shape index (κ1) is 20.9. The Bertz CT molecular complexity index is 571. The van der Waals surface area contributed by atoms with Gasteiger partial charge in [0.2, 0.25) is 5.91 Å². The lowest BCUT2D eigenvalue weighted by Crippen LogP contribution is -2.34. The van der Waals surface area contributed by atoms with Crippen LogP contribution in [-0.2, 0) is 20.9 Å². The summed E-state index contributed by atoms with van der Waals surface area (Å²) in [5.41, 5.74) is -0.100. The molecule has 0 fully saturated rings. The van der Waals surface area contributed by atoms with Crippen molar-refractivity contribution in [2.24, 2.45) is 5.41 Å². The topological polar surface area (TPSA) is 89.5 Å². The summed E-state index contributed by atoms with van der Waals surface area (Å²) in [5.74, 6) is 0.424. The van der Waals surface area contributed by atoms with E-state index in [0.29, 0.717) is 25.6 Å². The summed E-state index contributed by atoms with van der Waals surface area (Å²) in [4.78, 5) is 27.5. The van der Waals surface area contributed by atoms with E-state index in [0.717, 1.165) is 5.56 Å². The van der Waals surface area contributed by atoms with Gasteiger partial charge in [0.25, 0.3) is 0 Å². The van der Waals surface area contributed by atoms with Crippen LogP contribution in [0, 0.1) is 5.41 Å². The average molecular weight is 351 g/mol. The Hall–Kier alpha value is -2.15. The van der Waals surface area contributed by atoms with Gasteiger partial charge >= 0.3 is 6.09 Å². The molecule has 0 saturated heterocycles. The first-order valence-electron chi connectivity index (χ1n) is 8.28. The highest BCUT2D eigenvalue weighted by Crippen LogP contribution is 2.16. The largest absolute Gasteiger partial charge is 0.444 e. The molecule has 1 heterocycles. The van der Waals surface area contributed by atoms with Crippen LogP contribution in [0.15, 0.2) is 18.3 Å². The van der Waals surface area contributed by atoms with E-state index in [4.69, 9.17) is 9.47 Å². The summed E-state index contributed by atoms with van der Waals surface area (Å²) in [6.07, 6.45) is 1.19. The molecule has 7 nitrogen and oxygen atoms in total. The Kier molecular flexibility index (Phi) is 7.36. The normalized spacial score (nSPS) is 11.8. The number of hydrogen-bond donors (Lipinski definition) is 2. The molecule has 140 valence electrons. The summed E-state index contributed by atoms with van der Waals surface area (Å²) in [7, 11) is 0.